The lowest BCUT2D eigenvalue weighted by Gasteiger charge is -2.06. The third-order valence-corrected chi connectivity index (χ3v) is 5.21. The highest BCUT2D eigenvalue weighted by Crippen LogP contribution is 2.24. The van der Waals surface area contributed by atoms with Crippen molar-refractivity contribution < 1.29 is 17.6 Å². The molecule has 3 rings (SSSR count). The second-order valence-electron chi connectivity index (χ2n) is 4.94. The molecule has 3 aromatic rings. The Labute approximate surface area is 137 Å². The zero-order valence-electron chi connectivity index (χ0n) is 12.5. The van der Waals surface area contributed by atoms with Gasteiger partial charge in [0, 0.05) is 11.5 Å². The first-order valence-corrected chi connectivity index (χ1v) is 8.31. The van der Waals surface area contributed by atoms with Crippen LogP contribution in [0.5, 0.6) is 5.75 Å². The number of ether oxygens (including phenoxy) is 1. The first-order valence-electron chi connectivity index (χ1n) is 6.83. The molecule has 0 saturated heterocycles. The molecule has 0 saturated carbocycles. The molecule has 0 unspecified atom stereocenters. The van der Waals surface area contributed by atoms with Crippen LogP contribution in [0.4, 0.5) is 0 Å². The van der Waals surface area contributed by atoms with E-state index in [-0.39, 0.29) is 16.0 Å². The van der Waals surface area contributed by atoms with Crippen molar-refractivity contribution in [1.82, 2.24) is 0 Å². The first kappa shape index (κ1) is 15.8. The van der Waals surface area contributed by atoms with Crippen LogP contribution < -0.4 is 10.4 Å². The van der Waals surface area contributed by atoms with E-state index in [1.54, 1.807) is 12.1 Å². The summed E-state index contributed by atoms with van der Waals surface area (Å²) in [4.78, 5) is 11.5. The molecule has 0 amide bonds. The predicted octanol–water partition coefficient (Wildman–Crippen LogP) is 2.51. The first-order chi connectivity index (χ1) is 11.5. The highest BCUT2D eigenvalue weighted by molar-refractivity contribution is 7.91. The highest BCUT2D eigenvalue weighted by Gasteiger charge is 2.23. The molecule has 0 spiro atoms. The third-order valence-electron chi connectivity index (χ3n) is 3.47. The maximum absolute atomic E-state index is 12.7. The van der Waals surface area contributed by atoms with Crippen molar-refractivity contribution in [3.05, 3.63) is 64.5 Å². The minimum Gasteiger partial charge on any atom is -0.497 e. The van der Waals surface area contributed by atoms with Gasteiger partial charge >= 0.3 is 5.63 Å². The van der Waals surface area contributed by atoms with Gasteiger partial charge in [-0.15, -0.1) is 0 Å². The van der Waals surface area contributed by atoms with Gasteiger partial charge < -0.3 is 9.15 Å². The van der Waals surface area contributed by atoms with E-state index in [0.29, 0.717) is 11.1 Å². The maximum atomic E-state index is 12.7. The Morgan fingerprint density at radius 2 is 1.92 bits per heavy atom. The van der Waals surface area contributed by atoms with Crippen molar-refractivity contribution in [2.75, 3.05) is 7.11 Å². The quantitative estimate of drug-likeness (QED) is 0.679. The molecule has 0 aliphatic carbocycles. The topological polar surface area (TPSA) is 97.4 Å². The van der Waals surface area contributed by atoms with Crippen LogP contribution in [0.25, 0.3) is 11.0 Å². The number of fused-ring (bicyclic) bond motifs is 1. The summed E-state index contributed by atoms with van der Waals surface area (Å²) in [6.07, 6.45) is 0. The van der Waals surface area contributed by atoms with Gasteiger partial charge in [-0.2, -0.15) is 5.26 Å². The van der Waals surface area contributed by atoms with Crippen LogP contribution in [0.1, 0.15) is 5.56 Å². The molecule has 7 heteroatoms. The lowest BCUT2D eigenvalue weighted by Crippen LogP contribution is -2.14. The van der Waals surface area contributed by atoms with E-state index >= 15 is 0 Å². The number of nitrogens with zero attached hydrogens (tertiary/aromatic N) is 1. The average Bonchev–Trinajstić information content (AvgIpc) is 2.60. The zero-order chi connectivity index (χ0) is 17.3. The molecule has 1 aromatic heterocycles. The molecule has 0 N–H and O–H groups in total. The molecule has 1 heterocycles. The van der Waals surface area contributed by atoms with Crippen LogP contribution in [0.2, 0.25) is 0 Å². The third kappa shape index (κ3) is 2.64. The molecule has 24 heavy (non-hydrogen) atoms. The fourth-order valence-electron chi connectivity index (χ4n) is 2.25. The van der Waals surface area contributed by atoms with Gasteiger partial charge in [-0.05, 0) is 36.4 Å². The molecule has 0 bridgehead atoms. The Morgan fingerprint density at radius 3 is 2.62 bits per heavy atom. The number of sulfone groups is 1. The van der Waals surface area contributed by atoms with Crippen LogP contribution in [-0.2, 0) is 9.84 Å². The van der Waals surface area contributed by atoms with Crippen LogP contribution in [0, 0.1) is 11.3 Å². The van der Waals surface area contributed by atoms with Gasteiger partial charge in [-0.25, -0.2) is 13.2 Å². The van der Waals surface area contributed by atoms with Crippen molar-refractivity contribution in [3.63, 3.8) is 0 Å². The molecule has 0 aliphatic heterocycles. The van der Waals surface area contributed by atoms with Gasteiger partial charge in [-0.3, -0.25) is 0 Å². The Hall–Kier alpha value is -3.11. The fraction of sp³-hybridized carbons (Fsp3) is 0.0588. The molecular weight excluding hydrogens is 330 g/mol. The van der Waals surface area contributed by atoms with E-state index in [9.17, 15) is 13.2 Å². The number of rotatable bonds is 3. The molecule has 0 fully saturated rings. The summed E-state index contributed by atoms with van der Waals surface area (Å²) in [5.41, 5.74) is -0.562. The lowest BCUT2D eigenvalue weighted by molar-refractivity contribution is 0.414. The molecule has 2 aromatic carbocycles. The fourth-order valence-corrected chi connectivity index (χ4v) is 3.58. The summed E-state index contributed by atoms with van der Waals surface area (Å²) < 4.78 is 35.6. The smallest absolute Gasteiger partial charge is 0.355 e. The Balaban J connectivity index is 2.23. The van der Waals surface area contributed by atoms with Gasteiger partial charge in [0.15, 0.2) is 4.90 Å². The van der Waals surface area contributed by atoms with Crippen LogP contribution >= 0.6 is 0 Å². The Morgan fingerprint density at radius 1 is 1.12 bits per heavy atom. The van der Waals surface area contributed by atoms with Crippen molar-refractivity contribution in [3.8, 4) is 11.8 Å². The van der Waals surface area contributed by atoms with E-state index in [4.69, 9.17) is 14.4 Å². The summed E-state index contributed by atoms with van der Waals surface area (Å²) in [6.45, 7) is 0. The van der Waals surface area contributed by atoms with Crippen LogP contribution in [-0.4, -0.2) is 15.5 Å². The molecule has 0 atom stereocenters. The van der Waals surface area contributed by atoms with Gasteiger partial charge in [0.05, 0.1) is 23.6 Å². The molecular formula is C17H11NO5S. The average molecular weight is 341 g/mol. The number of nitriles is 1. The van der Waals surface area contributed by atoms with Gasteiger partial charge in [0.25, 0.3) is 0 Å². The SMILES string of the molecule is COc1ccc2cc(S(=O)(=O)c3cccc(C#N)c3)c(=O)oc2c1. The Kier molecular flexibility index (Phi) is 3.83. The van der Waals surface area contributed by atoms with E-state index < -0.39 is 20.4 Å². The summed E-state index contributed by atoms with van der Waals surface area (Å²) in [5, 5.41) is 9.36. The Bertz CT molecular complexity index is 1140. The highest BCUT2D eigenvalue weighted by atomic mass is 32.2. The van der Waals surface area contributed by atoms with E-state index in [1.807, 2.05) is 6.07 Å². The van der Waals surface area contributed by atoms with Crippen molar-refractivity contribution in [1.29, 1.82) is 5.26 Å². The summed E-state index contributed by atoms with van der Waals surface area (Å²) in [6, 6.07) is 13.3. The number of methoxy groups -OCH3 is 1. The summed E-state index contributed by atoms with van der Waals surface area (Å²) in [7, 11) is -2.63. The summed E-state index contributed by atoms with van der Waals surface area (Å²) in [5.74, 6) is 0.489. The molecule has 0 radical (unpaired) electrons. The second-order valence-corrected chi connectivity index (χ2v) is 6.86. The molecule has 6 nitrogen and oxygen atoms in total. The van der Waals surface area contributed by atoms with Crippen molar-refractivity contribution in [2.45, 2.75) is 9.79 Å². The maximum Gasteiger partial charge on any atom is 0.355 e. The zero-order valence-corrected chi connectivity index (χ0v) is 13.3. The van der Waals surface area contributed by atoms with E-state index in [2.05, 4.69) is 0 Å². The minimum atomic E-state index is -4.10. The second kappa shape index (κ2) is 5.83. The van der Waals surface area contributed by atoms with Crippen molar-refractivity contribution in [2.24, 2.45) is 0 Å². The predicted molar refractivity (Wildman–Crippen MR) is 85.6 cm³/mol. The van der Waals surface area contributed by atoms with Crippen LogP contribution in [0.15, 0.2) is 67.5 Å². The summed E-state index contributed by atoms with van der Waals surface area (Å²) >= 11 is 0. The van der Waals surface area contributed by atoms with Crippen molar-refractivity contribution >= 4 is 20.8 Å². The molecule has 120 valence electrons. The largest absolute Gasteiger partial charge is 0.497 e. The van der Waals surface area contributed by atoms with Gasteiger partial charge in [0.2, 0.25) is 9.84 Å². The minimum absolute atomic E-state index is 0.137. The lowest BCUT2D eigenvalue weighted by atomic mass is 10.2. The van der Waals surface area contributed by atoms with Gasteiger partial charge in [0.1, 0.15) is 11.3 Å². The molecule has 0 aliphatic rings. The number of benzene rings is 2. The standard InChI is InChI=1S/C17H11NO5S/c1-22-13-6-5-12-8-16(17(19)23-15(12)9-13)24(20,21)14-4-2-3-11(7-14)10-18/h2-9H,1H3. The van der Waals surface area contributed by atoms with E-state index in [1.165, 1.54) is 43.5 Å². The van der Waals surface area contributed by atoms with Gasteiger partial charge in [-0.1, -0.05) is 6.07 Å². The van der Waals surface area contributed by atoms with E-state index in [0.717, 1.165) is 0 Å². The monoisotopic (exact) mass is 341 g/mol. The number of hydrogen-bond donors (Lipinski definition) is 0. The number of hydrogen-bond acceptors (Lipinski definition) is 6. The normalized spacial score (nSPS) is 11.2. The van der Waals surface area contributed by atoms with Crippen LogP contribution in [0.3, 0.4) is 0 Å².